The molecule has 0 radical (unpaired) electrons. The Balaban J connectivity index is 1.29. The summed E-state index contributed by atoms with van der Waals surface area (Å²) in [4.78, 5) is 17.3. The van der Waals surface area contributed by atoms with Crippen molar-refractivity contribution in [3.63, 3.8) is 0 Å². The van der Waals surface area contributed by atoms with Crippen LogP contribution < -0.4 is 5.32 Å². The van der Waals surface area contributed by atoms with Gasteiger partial charge in [-0.25, -0.2) is 4.39 Å². The Labute approximate surface area is 163 Å². The molecule has 150 valence electrons. The number of carbonyl (C=O) groups is 1. The van der Waals surface area contributed by atoms with Gasteiger partial charge in [-0.15, -0.1) is 0 Å². The van der Waals surface area contributed by atoms with Gasteiger partial charge >= 0.3 is 0 Å². The van der Waals surface area contributed by atoms with E-state index in [2.05, 4.69) is 15.1 Å². The number of nitrogens with zero attached hydrogens (tertiary/aromatic N) is 2. The first-order chi connectivity index (χ1) is 13.2. The normalized spacial score (nSPS) is 20.3. The molecular formula is C22H34FN3O. The minimum Gasteiger partial charge on any atom is -0.356 e. The van der Waals surface area contributed by atoms with Crippen molar-refractivity contribution >= 4 is 5.91 Å². The highest BCUT2D eigenvalue weighted by Gasteiger charge is 2.24. The third kappa shape index (κ3) is 6.89. The minimum atomic E-state index is -0.190. The van der Waals surface area contributed by atoms with Crippen LogP contribution >= 0.6 is 0 Å². The van der Waals surface area contributed by atoms with Gasteiger partial charge in [0, 0.05) is 19.0 Å². The zero-order valence-corrected chi connectivity index (χ0v) is 16.5. The van der Waals surface area contributed by atoms with Crippen LogP contribution in [0, 0.1) is 11.7 Å². The number of benzene rings is 1. The number of nitrogens with one attached hydrogen (secondary N) is 1. The topological polar surface area (TPSA) is 35.6 Å². The molecule has 5 heteroatoms. The van der Waals surface area contributed by atoms with Crippen molar-refractivity contribution in [1.29, 1.82) is 0 Å². The lowest BCUT2D eigenvalue weighted by atomic mass is 9.95. The third-order valence-electron chi connectivity index (χ3n) is 5.93. The van der Waals surface area contributed by atoms with Crippen molar-refractivity contribution in [2.24, 2.45) is 5.92 Å². The maximum atomic E-state index is 13.0. The molecule has 0 aliphatic carbocycles. The second-order valence-electron chi connectivity index (χ2n) is 8.08. The van der Waals surface area contributed by atoms with Crippen molar-refractivity contribution in [2.75, 3.05) is 39.3 Å². The molecule has 0 saturated carbocycles. The minimum absolute atomic E-state index is 0.146. The van der Waals surface area contributed by atoms with Crippen molar-refractivity contribution in [1.82, 2.24) is 15.1 Å². The number of piperidine rings is 1. The Kier molecular flexibility index (Phi) is 8.09. The summed E-state index contributed by atoms with van der Waals surface area (Å²) in [7, 11) is 0. The summed E-state index contributed by atoms with van der Waals surface area (Å²) in [6.45, 7) is 7.05. The largest absolute Gasteiger partial charge is 0.356 e. The van der Waals surface area contributed by atoms with E-state index in [4.69, 9.17) is 0 Å². The molecule has 1 amide bonds. The fourth-order valence-corrected chi connectivity index (χ4v) is 4.22. The Morgan fingerprint density at radius 1 is 0.963 bits per heavy atom. The molecule has 2 fully saturated rings. The van der Waals surface area contributed by atoms with E-state index in [1.165, 1.54) is 50.9 Å². The lowest BCUT2D eigenvalue weighted by Gasteiger charge is -2.31. The van der Waals surface area contributed by atoms with Gasteiger partial charge in [0.2, 0.25) is 5.91 Å². The number of hydrogen-bond acceptors (Lipinski definition) is 3. The number of amides is 1. The van der Waals surface area contributed by atoms with Crippen LogP contribution in [0.25, 0.3) is 0 Å². The van der Waals surface area contributed by atoms with Gasteiger partial charge in [0.1, 0.15) is 5.82 Å². The van der Waals surface area contributed by atoms with E-state index in [9.17, 15) is 9.18 Å². The zero-order valence-electron chi connectivity index (χ0n) is 16.5. The monoisotopic (exact) mass is 375 g/mol. The highest BCUT2D eigenvalue weighted by molar-refractivity contribution is 5.78. The van der Waals surface area contributed by atoms with Crippen LogP contribution in [0.15, 0.2) is 24.3 Å². The van der Waals surface area contributed by atoms with Crippen molar-refractivity contribution in [3.05, 3.63) is 35.6 Å². The van der Waals surface area contributed by atoms with Crippen LogP contribution in [-0.4, -0.2) is 55.0 Å². The molecule has 0 atom stereocenters. The lowest BCUT2D eigenvalue weighted by molar-refractivity contribution is -0.126. The van der Waals surface area contributed by atoms with Crippen LogP contribution in [0.3, 0.4) is 0 Å². The number of halogens is 1. The Morgan fingerprint density at radius 3 is 2.30 bits per heavy atom. The maximum absolute atomic E-state index is 13.0. The Morgan fingerprint density at radius 2 is 1.63 bits per heavy atom. The predicted molar refractivity (Wildman–Crippen MR) is 107 cm³/mol. The standard InChI is InChI=1S/C22H34FN3O/c23-21-8-6-19(7-9-21)18-26-16-10-20(11-17-26)22(27)24-12-5-15-25-13-3-1-2-4-14-25/h6-9,20H,1-5,10-18H2,(H,24,27). The predicted octanol–water partition coefficient (Wildman–Crippen LogP) is 3.42. The second-order valence-corrected chi connectivity index (χ2v) is 8.08. The van der Waals surface area contributed by atoms with E-state index in [1.54, 1.807) is 0 Å². The van der Waals surface area contributed by atoms with Crippen molar-refractivity contribution in [3.8, 4) is 0 Å². The molecule has 3 rings (SSSR count). The molecule has 4 nitrogen and oxygen atoms in total. The van der Waals surface area contributed by atoms with E-state index in [1.807, 2.05) is 12.1 Å². The van der Waals surface area contributed by atoms with E-state index in [0.29, 0.717) is 0 Å². The van der Waals surface area contributed by atoms with Gasteiger partial charge in [-0.1, -0.05) is 25.0 Å². The Bertz CT molecular complexity index is 561. The molecule has 0 unspecified atom stereocenters. The summed E-state index contributed by atoms with van der Waals surface area (Å²) >= 11 is 0. The number of likely N-dealkylation sites (tertiary alicyclic amines) is 2. The first-order valence-electron chi connectivity index (χ1n) is 10.7. The maximum Gasteiger partial charge on any atom is 0.223 e. The van der Waals surface area contributed by atoms with Crippen LogP contribution in [-0.2, 0) is 11.3 Å². The molecule has 1 aromatic carbocycles. The van der Waals surface area contributed by atoms with Gasteiger partial charge in [-0.05, 0) is 82.5 Å². The second kappa shape index (κ2) is 10.8. The molecule has 2 aliphatic rings. The van der Waals surface area contributed by atoms with Gasteiger partial charge < -0.3 is 10.2 Å². The van der Waals surface area contributed by atoms with Gasteiger partial charge in [0.05, 0.1) is 0 Å². The summed E-state index contributed by atoms with van der Waals surface area (Å²) in [6, 6.07) is 6.72. The van der Waals surface area contributed by atoms with E-state index < -0.39 is 0 Å². The first-order valence-corrected chi connectivity index (χ1v) is 10.7. The fourth-order valence-electron chi connectivity index (χ4n) is 4.22. The molecule has 1 N–H and O–H groups in total. The number of hydrogen-bond donors (Lipinski definition) is 1. The SMILES string of the molecule is O=C(NCCCN1CCCCCC1)C1CCN(Cc2ccc(F)cc2)CC1. The number of rotatable bonds is 7. The van der Waals surface area contributed by atoms with Gasteiger partial charge in [0.25, 0.3) is 0 Å². The van der Waals surface area contributed by atoms with E-state index in [0.717, 1.165) is 57.5 Å². The highest BCUT2D eigenvalue weighted by atomic mass is 19.1. The van der Waals surface area contributed by atoms with Crippen LogP contribution in [0.1, 0.15) is 50.5 Å². The van der Waals surface area contributed by atoms with Crippen LogP contribution in [0.4, 0.5) is 4.39 Å². The van der Waals surface area contributed by atoms with Gasteiger partial charge in [-0.2, -0.15) is 0 Å². The van der Waals surface area contributed by atoms with Crippen molar-refractivity contribution in [2.45, 2.75) is 51.5 Å². The molecule has 27 heavy (non-hydrogen) atoms. The summed E-state index contributed by atoms with van der Waals surface area (Å²) < 4.78 is 13.0. The third-order valence-corrected chi connectivity index (χ3v) is 5.93. The summed E-state index contributed by atoms with van der Waals surface area (Å²) in [5.41, 5.74) is 1.13. The average molecular weight is 376 g/mol. The van der Waals surface area contributed by atoms with Crippen molar-refractivity contribution < 1.29 is 9.18 Å². The van der Waals surface area contributed by atoms with Crippen LogP contribution in [0.2, 0.25) is 0 Å². The molecule has 0 aromatic heterocycles. The summed E-state index contributed by atoms with van der Waals surface area (Å²) in [5, 5.41) is 3.15. The highest BCUT2D eigenvalue weighted by Crippen LogP contribution is 2.19. The first kappa shape index (κ1) is 20.3. The molecule has 2 saturated heterocycles. The lowest BCUT2D eigenvalue weighted by Crippen LogP contribution is -2.40. The van der Waals surface area contributed by atoms with Gasteiger partial charge in [-0.3, -0.25) is 9.69 Å². The van der Waals surface area contributed by atoms with Gasteiger partial charge in [0.15, 0.2) is 0 Å². The fraction of sp³-hybridized carbons (Fsp3) is 0.682. The zero-order chi connectivity index (χ0) is 18.9. The molecule has 0 bridgehead atoms. The summed E-state index contributed by atoms with van der Waals surface area (Å²) in [6.07, 6.45) is 8.26. The van der Waals surface area contributed by atoms with Crippen LogP contribution in [0.5, 0.6) is 0 Å². The molecule has 2 aliphatic heterocycles. The van der Waals surface area contributed by atoms with E-state index in [-0.39, 0.29) is 17.6 Å². The average Bonchev–Trinajstić information content (AvgIpc) is 2.96. The quantitative estimate of drug-likeness (QED) is 0.742. The number of carbonyl (C=O) groups excluding carboxylic acids is 1. The molecular weight excluding hydrogens is 341 g/mol. The molecule has 1 aromatic rings. The summed E-state index contributed by atoms with van der Waals surface area (Å²) in [5.74, 6) is 0.185. The van der Waals surface area contributed by atoms with E-state index >= 15 is 0 Å². The Hall–Kier alpha value is -1.46. The smallest absolute Gasteiger partial charge is 0.223 e. The molecule has 2 heterocycles. The molecule has 0 spiro atoms.